The highest BCUT2D eigenvalue weighted by molar-refractivity contribution is 6.33. The lowest BCUT2D eigenvalue weighted by Crippen LogP contribution is -2.40. The SMILES string of the molecule is CCCCCNC(=O)CN(C(C)=O)c1ccccc1Cl. The number of hydrogen-bond donors (Lipinski definition) is 1. The molecule has 4 nitrogen and oxygen atoms in total. The quantitative estimate of drug-likeness (QED) is 0.786. The summed E-state index contributed by atoms with van der Waals surface area (Å²) in [7, 11) is 0. The summed E-state index contributed by atoms with van der Waals surface area (Å²) in [5.41, 5.74) is 0.561. The van der Waals surface area contributed by atoms with Crippen molar-refractivity contribution in [3.8, 4) is 0 Å². The van der Waals surface area contributed by atoms with Crippen LogP contribution in [0.3, 0.4) is 0 Å². The Morgan fingerprint density at radius 2 is 1.95 bits per heavy atom. The van der Waals surface area contributed by atoms with Gasteiger partial charge in [0, 0.05) is 13.5 Å². The number of carbonyl (C=O) groups excluding carboxylic acids is 2. The highest BCUT2D eigenvalue weighted by Gasteiger charge is 2.17. The van der Waals surface area contributed by atoms with Crippen molar-refractivity contribution in [2.45, 2.75) is 33.1 Å². The first kappa shape index (κ1) is 16.5. The molecule has 1 rings (SSSR count). The van der Waals surface area contributed by atoms with Crippen molar-refractivity contribution in [1.29, 1.82) is 0 Å². The van der Waals surface area contributed by atoms with Crippen LogP contribution in [-0.4, -0.2) is 24.9 Å². The third kappa shape index (κ3) is 5.21. The van der Waals surface area contributed by atoms with E-state index in [9.17, 15) is 9.59 Å². The zero-order valence-electron chi connectivity index (χ0n) is 12.0. The van der Waals surface area contributed by atoms with Gasteiger partial charge in [0.05, 0.1) is 10.7 Å². The van der Waals surface area contributed by atoms with Gasteiger partial charge >= 0.3 is 0 Å². The number of nitrogens with zero attached hydrogens (tertiary/aromatic N) is 1. The Hall–Kier alpha value is -1.55. The molecule has 110 valence electrons. The van der Waals surface area contributed by atoms with Crippen LogP contribution in [-0.2, 0) is 9.59 Å². The third-order valence-corrected chi connectivity index (χ3v) is 3.25. The summed E-state index contributed by atoms with van der Waals surface area (Å²) < 4.78 is 0. The molecular formula is C15H21ClN2O2. The topological polar surface area (TPSA) is 49.4 Å². The molecule has 20 heavy (non-hydrogen) atoms. The van der Waals surface area contributed by atoms with Crippen LogP contribution in [0.25, 0.3) is 0 Å². The Kier molecular flexibility index (Phi) is 7.09. The van der Waals surface area contributed by atoms with Gasteiger partial charge in [-0.25, -0.2) is 0 Å². The fraction of sp³-hybridized carbons (Fsp3) is 0.467. The molecule has 1 aromatic carbocycles. The van der Waals surface area contributed by atoms with E-state index in [1.54, 1.807) is 24.3 Å². The Bertz CT molecular complexity index is 463. The van der Waals surface area contributed by atoms with Crippen molar-refractivity contribution < 1.29 is 9.59 Å². The largest absolute Gasteiger partial charge is 0.355 e. The molecule has 2 amide bonds. The smallest absolute Gasteiger partial charge is 0.240 e. The molecule has 1 N–H and O–H groups in total. The number of para-hydroxylation sites is 1. The summed E-state index contributed by atoms with van der Waals surface area (Å²) in [6.45, 7) is 4.16. The summed E-state index contributed by atoms with van der Waals surface area (Å²) in [6, 6.07) is 7.01. The molecule has 0 aromatic heterocycles. The molecule has 0 aliphatic carbocycles. The van der Waals surface area contributed by atoms with Crippen molar-refractivity contribution in [1.82, 2.24) is 5.32 Å². The third-order valence-electron chi connectivity index (χ3n) is 2.93. The number of anilines is 1. The second-order valence-electron chi connectivity index (χ2n) is 4.61. The van der Waals surface area contributed by atoms with Gasteiger partial charge < -0.3 is 10.2 Å². The standard InChI is InChI=1S/C15H21ClN2O2/c1-3-4-7-10-17-15(20)11-18(12(2)19)14-9-6-5-8-13(14)16/h5-6,8-9H,3-4,7,10-11H2,1-2H3,(H,17,20). The molecule has 0 radical (unpaired) electrons. The highest BCUT2D eigenvalue weighted by atomic mass is 35.5. The number of unbranched alkanes of at least 4 members (excludes halogenated alkanes) is 2. The average molecular weight is 297 g/mol. The lowest BCUT2D eigenvalue weighted by molar-refractivity contribution is -0.123. The van der Waals surface area contributed by atoms with E-state index < -0.39 is 0 Å². The second kappa shape index (κ2) is 8.59. The Morgan fingerprint density at radius 3 is 2.55 bits per heavy atom. The van der Waals surface area contributed by atoms with Crippen LogP contribution in [0.2, 0.25) is 5.02 Å². The fourth-order valence-electron chi connectivity index (χ4n) is 1.84. The molecule has 0 heterocycles. The van der Waals surface area contributed by atoms with Crippen LogP contribution in [0.15, 0.2) is 24.3 Å². The number of halogens is 1. The van der Waals surface area contributed by atoms with E-state index in [1.807, 2.05) is 0 Å². The molecule has 0 bridgehead atoms. The molecule has 0 aliphatic rings. The summed E-state index contributed by atoms with van der Waals surface area (Å²) >= 11 is 6.07. The molecule has 1 aromatic rings. The van der Waals surface area contributed by atoms with Gasteiger partial charge in [0.25, 0.3) is 0 Å². The fourth-order valence-corrected chi connectivity index (χ4v) is 2.08. The van der Waals surface area contributed by atoms with Gasteiger partial charge in [0.1, 0.15) is 6.54 Å². The number of amides is 2. The van der Waals surface area contributed by atoms with Crippen molar-refractivity contribution in [3.05, 3.63) is 29.3 Å². The lowest BCUT2D eigenvalue weighted by atomic mass is 10.2. The first-order chi connectivity index (χ1) is 9.56. The normalized spacial score (nSPS) is 10.2. The molecule has 0 aliphatic heterocycles. The van der Waals surface area contributed by atoms with Gasteiger partial charge in [-0.3, -0.25) is 9.59 Å². The van der Waals surface area contributed by atoms with E-state index in [2.05, 4.69) is 12.2 Å². The zero-order chi connectivity index (χ0) is 15.0. The summed E-state index contributed by atoms with van der Waals surface area (Å²) in [5.74, 6) is -0.377. The molecule has 0 spiro atoms. The number of rotatable bonds is 7. The highest BCUT2D eigenvalue weighted by Crippen LogP contribution is 2.25. The zero-order valence-corrected chi connectivity index (χ0v) is 12.7. The van der Waals surface area contributed by atoms with Crippen molar-refractivity contribution in [2.24, 2.45) is 0 Å². The van der Waals surface area contributed by atoms with E-state index in [0.717, 1.165) is 19.3 Å². The maximum Gasteiger partial charge on any atom is 0.240 e. The molecule has 0 fully saturated rings. The van der Waals surface area contributed by atoms with Gasteiger partial charge in [-0.1, -0.05) is 43.5 Å². The number of carbonyl (C=O) groups is 2. The van der Waals surface area contributed by atoms with E-state index >= 15 is 0 Å². The van der Waals surface area contributed by atoms with Crippen molar-refractivity contribution in [3.63, 3.8) is 0 Å². The minimum Gasteiger partial charge on any atom is -0.355 e. The van der Waals surface area contributed by atoms with E-state index in [4.69, 9.17) is 11.6 Å². The number of hydrogen-bond acceptors (Lipinski definition) is 2. The Morgan fingerprint density at radius 1 is 1.25 bits per heavy atom. The molecule has 0 saturated heterocycles. The van der Waals surface area contributed by atoms with Crippen LogP contribution in [0, 0.1) is 0 Å². The number of benzene rings is 1. The van der Waals surface area contributed by atoms with Crippen molar-refractivity contribution in [2.75, 3.05) is 18.0 Å². The van der Waals surface area contributed by atoms with E-state index in [1.165, 1.54) is 11.8 Å². The van der Waals surface area contributed by atoms with Crippen molar-refractivity contribution >= 4 is 29.1 Å². The van der Waals surface area contributed by atoms with Gasteiger partial charge in [-0.15, -0.1) is 0 Å². The maximum absolute atomic E-state index is 11.9. The van der Waals surface area contributed by atoms with E-state index in [-0.39, 0.29) is 18.4 Å². The van der Waals surface area contributed by atoms with Gasteiger partial charge in [-0.05, 0) is 18.6 Å². The number of nitrogens with one attached hydrogen (secondary N) is 1. The van der Waals surface area contributed by atoms with Crippen LogP contribution in [0.5, 0.6) is 0 Å². The first-order valence-corrected chi connectivity index (χ1v) is 7.23. The Balaban J connectivity index is 2.62. The van der Waals surface area contributed by atoms with Crippen LogP contribution in [0.1, 0.15) is 33.1 Å². The predicted octanol–water partition coefficient (Wildman–Crippen LogP) is 3.00. The summed E-state index contributed by atoms with van der Waals surface area (Å²) in [4.78, 5) is 24.9. The molecule has 0 atom stereocenters. The lowest BCUT2D eigenvalue weighted by Gasteiger charge is -2.21. The molecular weight excluding hydrogens is 276 g/mol. The average Bonchev–Trinajstić information content (AvgIpc) is 2.42. The maximum atomic E-state index is 11.9. The minimum atomic E-state index is -0.207. The molecule has 0 saturated carbocycles. The van der Waals surface area contributed by atoms with E-state index in [0.29, 0.717) is 17.3 Å². The molecule has 0 unspecified atom stereocenters. The monoisotopic (exact) mass is 296 g/mol. The van der Waals surface area contributed by atoms with Crippen LogP contribution < -0.4 is 10.2 Å². The second-order valence-corrected chi connectivity index (χ2v) is 5.02. The Labute approximate surface area is 125 Å². The van der Waals surface area contributed by atoms with Crippen LogP contribution >= 0.6 is 11.6 Å². The summed E-state index contributed by atoms with van der Waals surface area (Å²) in [5, 5.41) is 3.28. The van der Waals surface area contributed by atoms with Gasteiger partial charge in [-0.2, -0.15) is 0 Å². The first-order valence-electron chi connectivity index (χ1n) is 6.85. The minimum absolute atomic E-state index is 0.00874. The summed E-state index contributed by atoms with van der Waals surface area (Å²) in [6.07, 6.45) is 3.14. The molecule has 5 heteroatoms. The van der Waals surface area contributed by atoms with Crippen LogP contribution in [0.4, 0.5) is 5.69 Å². The van der Waals surface area contributed by atoms with Gasteiger partial charge in [0.2, 0.25) is 11.8 Å². The van der Waals surface area contributed by atoms with Gasteiger partial charge in [0.15, 0.2) is 0 Å². The predicted molar refractivity (Wildman–Crippen MR) is 82.0 cm³/mol.